The lowest BCUT2D eigenvalue weighted by Crippen LogP contribution is -2.54. The topological polar surface area (TPSA) is 51.4 Å². The van der Waals surface area contributed by atoms with Crippen LogP contribution in [-0.4, -0.2) is 41.7 Å². The first-order chi connectivity index (χ1) is 9.40. The van der Waals surface area contributed by atoms with E-state index in [2.05, 4.69) is 30.7 Å². The third-order valence-electron chi connectivity index (χ3n) is 4.03. The van der Waals surface area contributed by atoms with Gasteiger partial charge in [0, 0.05) is 18.6 Å². The number of aromatic nitrogens is 1. The molecular formula is C15H24FN3O. The molecule has 2 heterocycles. The summed E-state index contributed by atoms with van der Waals surface area (Å²) in [6.07, 6.45) is 1.22. The summed E-state index contributed by atoms with van der Waals surface area (Å²) in [6, 6.07) is 2.89. The zero-order valence-corrected chi connectivity index (χ0v) is 12.5. The number of ether oxygens (including phenoxy) is 1. The highest BCUT2D eigenvalue weighted by Crippen LogP contribution is 2.24. The molecule has 112 valence electrons. The minimum absolute atomic E-state index is 0.0302. The molecule has 0 radical (unpaired) electrons. The van der Waals surface area contributed by atoms with E-state index < -0.39 is 0 Å². The normalized spacial score (nSPS) is 22.4. The van der Waals surface area contributed by atoms with Gasteiger partial charge in [-0.15, -0.1) is 0 Å². The average Bonchev–Trinajstić information content (AvgIpc) is 2.41. The first-order valence-corrected chi connectivity index (χ1v) is 7.10. The molecule has 4 nitrogen and oxygen atoms in total. The smallest absolute Gasteiger partial charge is 0.141 e. The number of halogens is 1. The summed E-state index contributed by atoms with van der Waals surface area (Å²) < 4.78 is 18.4. The molecule has 1 aliphatic rings. The molecule has 1 saturated heterocycles. The van der Waals surface area contributed by atoms with Crippen LogP contribution in [0.4, 0.5) is 4.39 Å². The number of nitrogens with zero attached hydrogens (tertiary/aromatic N) is 2. The van der Waals surface area contributed by atoms with Gasteiger partial charge in [0.1, 0.15) is 5.82 Å². The Morgan fingerprint density at radius 1 is 1.50 bits per heavy atom. The van der Waals surface area contributed by atoms with Crippen LogP contribution in [0.15, 0.2) is 18.3 Å². The van der Waals surface area contributed by atoms with Crippen LogP contribution in [0.5, 0.6) is 0 Å². The molecule has 1 aromatic heterocycles. The second-order valence-electron chi connectivity index (χ2n) is 6.22. The molecule has 1 aromatic rings. The summed E-state index contributed by atoms with van der Waals surface area (Å²) in [5, 5.41) is 0. The maximum atomic E-state index is 12.9. The van der Waals surface area contributed by atoms with Gasteiger partial charge in [-0.05, 0) is 31.9 Å². The van der Waals surface area contributed by atoms with Crippen molar-refractivity contribution in [3.05, 3.63) is 29.8 Å². The van der Waals surface area contributed by atoms with Gasteiger partial charge in [0.2, 0.25) is 0 Å². The SMILES string of the molecule is CC(CN1CCOCC1(C)C)C(N)c1ccc(F)cn1. The summed E-state index contributed by atoms with van der Waals surface area (Å²) in [5.41, 5.74) is 7.02. The van der Waals surface area contributed by atoms with Gasteiger partial charge >= 0.3 is 0 Å². The van der Waals surface area contributed by atoms with Gasteiger partial charge in [-0.2, -0.15) is 0 Å². The van der Waals surface area contributed by atoms with Gasteiger partial charge in [0.25, 0.3) is 0 Å². The molecule has 20 heavy (non-hydrogen) atoms. The van der Waals surface area contributed by atoms with Crippen molar-refractivity contribution >= 4 is 0 Å². The van der Waals surface area contributed by atoms with Crippen molar-refractivity contribution in [2.45, 2.75) is 32.4 Å². The van der Waals surface area contributed by atoms with Crippen LogP contribution < -0.4 is 5.73 Å². The molecule has 2 rings (SSSR count). The van der Waals surface area contributed by atoms with Crippen molar-refractivity contribution in [3.8, 4) is 0 Å². The lowest BCUT2D eigenvalue weighted by atomic mass is 9.95. The standard InChI is InChI=1S/C15H24FN3O/c1-11(9-19-6-7-20-10-15(19,2)3)14(17)13-5-4-12(16)8-18-13/h4-5,8,11,14H,6-7,9-10,17H2,1-3H3. The minimum Gasteiger partial charge on any atom is -0.378 e. The summed E-state index contributed by atoms with van der Waals surface area (Å²) in [7, 11) is 0. The number of rotatable bonds is 4. The highest BCUT2D eigenvalue weighted by atomic mass is 19.1. The van der Waals surface area contributed by atoms with Gasteiger partial charge in [0.15, 0.2) is 0 Å². The summed E-state index contributed by atoms with van der Waals surface area (Å²) in [4.78, 5) is 6.49. The van der Waals surface area contributed by atoms with E-state index in [-0.39, 0.29) is 23.3 Å². The van der Waals surface area contributed by atoms with Crippen LogP contribution in [0.2, 0.25) is 0 Å². The average molecular weight is 281 g/mol. The largest absolute Gasteiger partial charge is 0.378 e. The van der Waals surface area contributed by atoms with Crippen LogP contribution in [0.25, 0.3) is 0 Å². The quantitative estimate of drug-likeness (QED) is 0.916. The summed E-state index contributed by atoms with van der Waals surface area (Å²) >= 11 is 0. The van der Waals surface area contributed by atoms with Gasteiger partial charge in [0.05, 0.1) is 31.1 Å². The molecule has 2 unspecified atom stereocenters. The number of hydrogen-bond acceptors (Lipinski definition) is 4. The summed E-state index contributed by atoms with van der Waals surface area (Å²) in [5.74, 6) is -0.0896. The number of morpholine rings is 1. The maximum Gasteiger partial charge on any atom is 0.141 e. The molecule has 0 spiro atoms. The molecule has 0 aliphatic carbocycles. The fourth-order valence-electron chi connectivity index (χ4n) is 2.57. The van der Waals surface area contributed by atoms with Crippen molar-refractivity contribution in [3.63, 3.8) is 0 Å². The fourth-order valence-corrected chi connectivity index (χ4v) is 2.57. The van der Waals surface area contributed by atoms with Crippen LogP contribution >= 0.6 is 0 Å². The molecule has 2 N–H and O–H groups in total. The van der Waals surface area contributed by atoms with Crippen LogP contribution in [0, 0.1) is 11.7 Å². The second kappa shape index (κ2) is 6.16. The molecular weight excluding hydrogens is 257 g/mol. The Labute approximate surface area is 120 Å². The first kappa shape index (κ1) is 15.4. The third-order valence-corrected chi connectivity index (χ3v) is 4.03. The molecule has 0 aromatic carbocycles. The zero-order chi connectivity index (χ0) is 14.8. The molecule has 5 heteroatoms. The molecule has 1 aliphatic heterocycles. The lowest BCUT2D eigenvalue weighted by Gasteiger charge is -2.43. The van der Waals surface area contributed by atoms with E-state index in [1.54, 1.807) is 6.07 Å². The monoisotopic (exact) mass is 281 g/mol. The van der Waals surface area contributed by atoms with Crippen molar-refractivity contribution in [2.75, 3.05) is 26.3 Å². The highest BCUT2D eigenvalue weighted by Gasteiger charge is 2.32. The minimum atomic E-state index is -0.331. The van der Waals surface area contributed by atoms with E-state index in [4.69, 9.17) is 10.5 Å². The molecule has 1 fully saturated rings. The lowest BCUT2D eigenvalue weighted by molar-refractivity contribution is -0.0575. The van der Waals surface area contributed by atoms with E-state index in [9.17, 15) is 4.39 Å². The first-order valence-electron chi connectivity index (χ1n) is 7.10. The van der Waals surface area contributed by atoms with E-state index >= 15 is 0 Å². The number of pyridine rings is 1. The Balaban J connectivity index is 2.00. The van der Waals surface area contributed by atoms with Gasteiger partial charge in [-0.3, -0.25) is 9.88 Å². The van der Waals surface area contributed by atoms with Crippen molar-refractivity contribution in [1.82, 2.24) is 9.88 Å². The van der Waals surface area contributed by atoms with Crippen molar-refractivity contribution in [2.24, 2.45) is 11.7 Å². The highest BCUT2D eigenvalue weighted by molar-refractivity contribution is 5.10. The fraction of sp³-hybridized carbons (Fsp3) is 0.667. The Bertz CT molecular complexity index is 435. The van der Waals surface area contributed by atoms with E-state index in [0.717, 1.165) is 32.0 Å². The van der Waals surface area contributed by atoms with Gasteiger partial charge in [-0.25, -0.2) is 4.39 Å². The number of nitrogens with two attached hydrogens (primary N) is 1. The van der Waals surface area contributed by atoms with E-state index in [1.807, 2.05) is 0 Å². The Morgan fingerprint density at radius 3 is 2.85 bits per heavy atom. The summed E-state index contributed by atoms with van der Waals surface area (Å²) in [6.45, 7) is 9.78. The third kappa shape index (κ3) is 3.53. The predicted molar refractivity (Wildman–Crippen MR) is 76.8 cm³/mol. The Morgan fingerprint density at radius 2 is 2.25 bits per heavy atom. The Hall–Kier alpha value is -1.04. The number of hydrogen-bond donors (Lipinski definition) is 1. The van der Waals surface area contributed by atoms with Crippen molar-refractivity contribution < 1.29 is 9.13 Å². The maximum absolute atomic E-state index is 12.9. The zero-order valence-electron chi connectivity index (χ0n) is 12.5. The molecule has 2 atom stereocenters. The predicted octanol–water partition coefficient (Wildman–Crippen LogP) is 1.97. The Kier molecular flexibility index (Phi) is 4.73. The van der Waals surface area contributed by atoms with Crippen LogP contribution in [-0.2, 0) is 4.74 Å². The van der Waals surface area contributed by atoms with Gasteiger partial charge in [-0.1, -0.05) is 6.92 Å². The van der Waals surface area contributed by atoms with Crippen LogP contribution in [0.1, 0.15) is 32.5 Å². The van der Waals surface area contributed by atoms with Gasteiger partial charge < -0.3 is 10.5 Å². The molecule has 0 saturated carbocycles. The van der Waals surface area contributed by atoms with Crippen LogP contribution in [0.3, 0.4) is 0 Å². The molecule has 0 amide bonds. The van der Waals surface area contributed by atoms with Crippen molar-refractivity contribution in [1.29, 1.82) is 0 Å². The second-order valence-corrected chi connectivity index (χ2v) is 6.22. The molecule has 0 bridgehead atoms. The van der Waals surface area contributed by atoms with E-state index in [0.29, 0.717) is 0 Å². The van der Waals surface area contributed by atoms with E-state index in [1.165, 1.54) is 12.3 Å².